The summed E-state index contributed by atoms with van der Waals surface area (Å²) < 4.78 is 34.0. The van der Waals surface area contributed by atoms with Crippen LogP contribution in [0.3, 0.4) is 0 Å². The molecular formula is C24H28N2O4S. The maximum Gasteiger partial charge on any atom is 0.252 e. The van der Waals surface area contributed by atoms with Crippen LogP contribution in [-0.2, 0) is 21.3 Å². The molecular weight excluding hydrogens is 412 g/mol. The number of sulfonamides is 1. The summed E-state index contributed by atoms with van der Waals surface area (Å²) in [6.07, 6.45) is 1.56. The molecule has 0 spiro atoms. The lowest BCUT2D eigenvalue weighted by atomic mass is 10.1. The third-order valence-corrected chi connectivity index (χ3v) is 7.63. The standard InChI is InChI=1S/C24H28N2O4S/c1-16-6-8-22(9-7-16)31(28,29)26(15-21-5-4-10-30-21)14-20-13-19-12-17(2)11-18(3)23(19)25-24(20)27/h6-9,11-13,21H,4-5,10,14-15H2,1-3H3,(H,25,27)/t21-/m1/s1. The molecule has 0 saturated carbocycles. The molecule has 1 aliphatic heterocycles. The van der Waals surface area contributed by atoms with Gasteiger partial charge in [-0.2, -0.15) is 4.31 Å². The van der Waals surface area contributed by atoms with Crippen LogP contribution in [0.2, 0.25) is 0 Å². The minimum absolute atomic E-state index is 0.00562. The molecule has 1 saturated heterocycles. The van der Waals surface area contributed by atoms with E-state index < -0.39 is 10.0 Å². The number of aromatic amines is 1. The van der Waals surface area contributed by atoms with E-state index in [2.05, 4.69) is 4.98 Å². The highest BCUT2D eigenvalue weighted by Crippen LogP contribution is 2.24. The quantitative estimate of drug-likeness (QED) is 0.632. The third-order valence-electron chi connectivity index (χ3n) is 5.81. The number of fused-ring (bicyclic) bond motifs is 1. The van der Waals surface area contributed by atoms with Crippen molar-refractivity contribution in [3.05, 3.63) is 75.1 Å². The molecule has 0 aliphatic carbocycles. The predicted molar refractivity (Wildman–Crippen MR) is 122 cm³/mol. The molecule has 7 heteroatoms. The van der Waals surface area contributed by atoms with E-state index in [9.17, 15) is 13.2 Å². The molecule has 0 radical (unpaired) electrons. The van der Waals surface area contributed by atoms with Crippen LogP contribution < -0.4 is 5.56 Å². The second-order valence-electron chi connectivity index (χ2n) is 8.42. The number of benzene rings is 2. The summed E-state index contributed by atoms with van der Waals surface area (Å²) in [6.45, 7) is 6.73. The number of nitrogens with one attached hydrogen (secondary N) is 1. The number of ether oxygens (including phenoxy) is 1. The summed E-state index contributed by atoms with van der Waals surface area (Å²) in [5.74, 6) is 0. The average Bonchev–Trinajstić information content (AvgIpc) is 3.22. The molecule has 31 heavy (non-hydrogen) atoms. The number of hydrogen-bond acceptors (Lipinski definition) is 4. The third kappa shape index (κ3) is 4.59. The lowest BCUT2D eigenvalue weighted by Crippen LogP contribution is -2.38. The van der Waals surface area contributed by atoms with E-state index in [4.69, 9.17) is 4.74 Å². The van der Waals surface area contributed by atoms with Gasteiger partial charge in [-0.25, -0.2) is 8.42 Å². The Labute approximate surface area is 182 Å². The van der Waals surface area contributed by atoms with Gasteiger partial charge in [0.15, 0.2) is 0 Å². The zero-order chi connectivity index (χ0) is 22.2. The number of nitrogens with zero attached hydrogens (tertiary/aromatic N) is 1. The largest absolute Gasteiger partial charge is 0.377 e. The highest BCUT2D eigenvalue weighted by Gasteiger charge is 2.30. The van der Waals surface area contributed by atoms with Crippen molar-refractivity contribution in [1.82, 2.24) is 9.29 Å². The van der Waals surface area contributed by atoms with Crippen LogP contribution in [-0.4, -0.2) is 37.0 Å². The van der Waals surface area contributed by atoms with Gasteiger partial charge in [-0.05, 0) is 68.8 Å². The summed E-state index contributed by atoms with van der Waals surface area (Å²) >= 11 is 0. The van der Waals surface area contributed by atoms with Gasteiger partial charge in [-0.1, -0.05) is 29.3 Å². The van der Waals surface area contributed by atoms with Crippen molar-refractivity contribution < 1.29 is 13.2 Å². The van der Waals surface area contributed by atoms with E-state index in [1.807, 2.05) is 32.9 Å². The number of H-pyrrole nitrogens is 1. The smallest absolute Gasteiger partial charge is 0.252 e. The van der Waals surface area contributed by atoms with Crippen molar-refractivity contribution in [2.24, 2.45) is 0 Å². The molecule has 1 fully saturated rings. The second-order valence-corrected chi connectivity index (χ2v) is 10.4. The molecule has 4 rings (SSSR count). The molecule has 3 aromatic rings. The van der Waals surface area contributed by atoms with Gasteiger partial charge >= 0.3 is 0 Å². The summed E-state index contributed by atoms with van der Waals surface area (Å²) in [6, 6.07) is 12.6. The SMILES string of the molecule is Cc1ccc(S(=O)(=O)N(Cc2cc3cc(C)cc(C)c3[nH]c2=O)C[C@H]2CCCO2)cc1. The number of rotatable bonds is 6. The molecule has 0 amide bonds. The van der Waals surface area contributed by atoms with Crippen molar-refractivity contribution in [2.45, 2.75) is 51.2 Å². The fourth-order valence-corrected chi connectivity index (χ4v) is 5.61. The molecule has 1 atom stereocenters. The van der Waals surface area contributed by atoms with Crippen LogP contribution >= 0.6 is 0 Å². The van der Waals surface area contributed by atoms with Gasteiger partial charge in [-0.3, -0.25) is 4.79 Å². The van der Waals surface area contributed by atoms with E-state index in [0.717, 1.165) is 40.4 Å². The second kappa shape index (κ2) is 8.57. The Bertz CT molecular complexity index is 1260. The minimum Gasteiger partial charge on any atom is -0.377 e. The van der Waals surface area contributed by atoms with E-state index in [0.29, 0.717) is 12.2 Å². The Hall–Kier alpha value is -2.48. The van der Waals surface area contributed by atoms with Crippen LogP contribution in [0, 0.1) is 20.8 Å². The molecule has 2 aromatic carbocycles. The zero-order valence-corrected chi connectivity index (χ0v) is 19.0. The van der Waals surface area contributed by atoms with Crippen molar-refractivity contribution in [3.63, 3.8) is 0 Å². The first-order valence-corrected chi connectivity index (χ1v) is 12.0. The normalized spacial score (nSPS) is 17.0. The molecule has 0 unspecified atom stereocenters. The first-order valence-electron chi connectivity index (χ1n) is 10.6. The van der Waals surface area contributed by atoms with Crippen LogP contribution in [0.25, 0.3) is 10.9 Å². The molecule has 1 aliphatic rings. The van der Waals surface area contributed by atoms with Crippen molar-refractivity contribution in [1.29, 1.82) is 0 Å². The molecule has 164 valence electrons. The Kier molecular flexibility index (Phi) is 6.01. The number of pyridine rings is 1. The van der Waals surface area contributed by atoms with Crippen LogP contribution in [0.4, 0.5) is 0 Å². The predicted octanol–water partition coefficient (Wildman–Crippen LogP) is 3.82. The lowest BCUT2D eigenvalue weighted by Gasteiger charge is -2.25. The van der Waals surface area contributed by atoms with Gasteiger partial charge in [0.2, 0.25) is 10.0 Å². The van der Waals surface area contributed by atoms with Gasteiger partial charge in [0, 0.05) is 25.3 Å². The average molecular weight is 441 g/mol. The van der Waals surface area contributed by atoms with Crippen molar-refractivity contribution in [2.75, 3.05) is 13.2 Å². The fraction of sp³-hybridized carbons (Fsp3) is 0.375. The highest BCUT2D eigenvalue weighted by molar-refractivity contribution is 7.89. The molecule has 1 aromatic heterocycles. The van der Waals surface area contributed by atoms with E-state index in [1.54, 1.807) is 30.3 Å². The first kappa shape index (κ1) is 21.7. The summed E-state index contributed by atoms with van der Waals surface area (Å²) in [7, 11) is -3.79. The Balaban J connectivity index is 1.74. The number of aryl methyl sites for hydroxylation is 3. The zero-order valence-electron chi connectivity index (χ0n) is 18.1. The molecule has 0 bridgehead atoms. The van der Waals surface area contributed by atoms with Crippen LogP contribution in [0.5, 0.6) is 0 Å². The molecule has 6 nitrogen and oxygen atoms in total. The van der Waals surface area contributed by atoms with Gasteiger partial charge in [0.25, 0.3) is 5.56 Å². The minimum atomic E-state index is -3.79. The summed E-state index contributed by atoms with van der Waals surface area (Å²) in [4.78, 5) is 16.0. The number of hydrogen-bond donors (Lipinski definition) is 1. The van der Waals surface area contributed by atoms with E-state index in [-0.39, 0.29) is 29.6 Å². The summed E-state index contributed by atoms with van der Waals surface area (Å²) in [5, 5.41) is 0.900. The van der Waals surface area contributed by atoms with Gasteiger partial charge in [0.1, 0.15) is 0 Å². The monoisotopic (exact) mass is 440 g/mol. The maximum atomic E-state index is 13.5. The van der Waals surface area contributed by atoms with Crippen molar-refractivity contribution in [3.8, 4) is 0 Å². The van der Waals surface area contributed by atoms with Gasteiger partial charge in [-0.15, -0.1) is 0 Å². The molecule has 1 N–H and O–H groups in total. The van der Waals surface area contributed by atoms with Crippen LogP contribution in [0.15, 0.2) is 52.2 Å². The Morgan fingerprint density at radius 2 is 1.81 bits per heavy atom. The summed E-state index contributed by atoms with van der Waals surface area (Å²) in [5.41, 5.74) is 4.00. The van der Waals surface area contributed by atoms with Crippen LogP contribution in [0.1, 0.15) is 35.1 Å². The molecule has 2 heterocycles. The topological polar surface area (TPSA) is 79.5 Å². The lowest BCUT2D eigenvalue weighted by molar-refractivity contribution is 0.0925. The highest BCUT2D eigenvalue weighted by atomic mass is 32.2. The first-order chi connectivity index (χ1) is 14.7. The Morgan fingerprint density at radius 3 is 2.48 bits per heavy atom. The fourth-order valence-electron chi connectivity index (χ4n) is 4.16. The van der Waals surface area contributed by atoms with Crippen molar-refractivity contribution >= 4 is 20.9 Å². The number of aromatic nitrogens is 1. The van der Waals surface area contributed by atoms with E-state index >= 15 is 0 Å². The van der Waals surface area contributed by atoms with Gasteiger partial charge < -0.3 is 9.72 Å². The van der Waals surface area contributed by atoms with E-state index in [1.165, 1.54) is 4.31 Å². The van der Waals surface area contributed by atoms with Gasteiger partial charge in [0.05, 0.1) is 16.5 Å². The maximum absolute atomic E-state index is 13.5. The Morgan fingerprint density at radius 1 is 1.06 bits per heavy atom.